The van der Waals surface area contributed by atoms with Gasteiger partial charge in [-0.2, -0.15) is 0 Å². The van der Waals surface area contributed by atoms with Gasteiger partial charge in [-0.15, -0.1) is 0 Å². The molecule has 6 nitrogen and oxygen atoms in total. The van der Waals surface area contributed by atoms with E-state index in [4.69, 9.17) is 0 Å². The largest absolute Gasteiger partial charge is 0.352 e. The molecule has 0 saturated carbocycles. The second-order valence-electron chi connectivity index (χ2n) is 5.41. The van der Waals surface area contributed by atoms with Crippen molar-refractivity contribution in [1.82, 2.24) is 10.3 Å². The smallest absolute Gasteiger partial charge is 0.232 e. The molecule has 1 N–H and O–H groups in total. The number of pyridine rings is 1. The average Bonchev–Trinajstić information content (AvgIpc) is 2.57. The minimum absolute atomic E-state index is 0.111. The first-order chi connectivity index (χ1) is 11.5. The summed E-state index contributed by atoms with van der Waals surface area (Å²) in [6.45, 7) is 0.685. The molecule has 1 aromatic carbocycles. The molecule has 2 aromatic rings. The molecule has 1 heterocycles. The van der Waals surface area contributed by atoms with Gasteiger partial charge in [0.15, 0.2) is 0 Å². The Morgan fingerprint density at radius 1 is 1.17 bits per heavy atom. The minimum Gasteiger partial charge on any atom is -0.352 e. The second-order valence-corrected chi connectivity index (χ2v) is 7.32. The third kappa shape index (κ3) is 5.66. The van der Waals surface area contributed by atoms with Crippen molar-refractivity contribution < 1.29 is 13.2 Å². The van der Waals surface area contributed by atoms with Crippen molar-refractivity contribution in [3.05, 3.63) is 60.4 Å². The van der Waals surface area contributed by atoms with E-state index in [-0.39, 0.29) is 18.9 Å². The molecule has 0 radical (unpaired) electrons. The Labute approximate surface area is 142 Å². The molecule has 1 aromatic heterocycles. The number of hydrogen-bond acceptors (Lipinski definition) is 4. The van der Waals surface area contributed by atoms with Crippen LogP contribution >= 0.6 is 0 Å². The highest BCUT2D eigenvalue weighted by atomic mass is 32.2. The van der Waals surface area contributed by atoms with Crippen LogP contribution in [0.5, 0.6) is 0 Å². The van der Waals surface area contributed by atoms with Crippen LogP contribution < -0.4 is 9.62 Å². The van der Waals surface area contributed by atoms with Crippen LogP contribution in [0.2, 0.25) is 0 Å². The van der Waals surface area contributed by atoms with Gasteiger partial charge in [0.25, 0.3) is 0 Å². The number of rotatable bonds is 8. The molecule has 0 bridgehead atoms. The summed E-state index contributed by atoms with van der Waals surface area (Å²) in [5.74, 6) is -0.111. The fourth-order valence-electron chi connectivity index (χ4n) is 2.26. The van der Waals surface area contributed by atoms with Gasteiger partial charge >= 0.3 is 0 Å². The van der Waals surface area contributed by atoms with Crippen LogP contribution in [-0.4, -0.2) is 32.1 Å². The maximum Gasteiger partial charge on any atom is 0.232 e. The van der Waals surface area contributed by atoms with Crippen LogP contribution in [0, 0.1) is 0 Å². The SMILES string of the molecule is CS(=O)(=O)N(CCCC(=O)NCc1cccnc1)c1ccccc1. The molecule has 0 saturated heterocycles. The first-order valence-electron chi connectivity index (χ1n) is 7.65. The zero-order valence-corrected chi connectivity index (χ0v) is 14.4. The van der Waals surface area contributed by atoms with E-state index < -0.39 is 10.0 Å². The molecular formula is C17H21N3O3S. The van der Waals surface area contributed by atoms with Crippen molar-refractivity contribution in [3.63, 3.8) is 0 Å². The summed E-state index contributed by atoms with van der Waals surface area (Å²) in [5.41, 5.74) is 1.53. The lowest BCUT2D eigenvalue weighted by Gasteiger charge is -2.22. The summed E-state index contributed by atoms with van der Waals surface area (Å²) in [6.07, 6.45) is 5.25. The number of carbonyl (C=O) groups is 1. The van der Waals surface area contributed by atoms with Gasteiger partial charge in [-0.25, -0.2) is 8.42 Å². The van der Waals surface area contributed by atoms with Crippen LogP contribution in [0.3, 0.4) is 0 Å². The molecule has 2 rings (SSSR count). The fourth-order valence-corrected chi connectivity index (χ4v) is 3.22. The van der Waals surface area contributed by atoms with E-state index in [1.54, 1.807) is 36.7 Å². The van der Waals surface area contributed by atoms with E-state index in [1.165, 1.54) is 10.6 Å². The van der Waals surface area contributed by atoms with E-state index in [9.17, 15) is 13.2 Å². The van der Waals surface area contributed by atoms with Crippen LogP contribution in [-0.2, 0) is 21.4 Å². The Balaban J connectivity index is 1.83. The topological polar surface area (TPSA) is 79.4 Å². The van der Waals surface area contributed by atoms with E-state index in [1.807, 2.05) is 18.2 Å². The third-order valence-electron chi connectivity index (χ3n) is 3.42. The molecule has 0 fully saturated rings. The molecule has 1 amide bonds. The molecule has 128 valence electrons. The standard InChI is InChI=1S/C17H21N3O3S/c1-24(22,23)20(16-8-3-2-4-9-16)12-6-10-17(21)19-14-15-7-5-11-18-13-15/h2-5,7-9,11,13H,6,10,12,14H2,1H3,(H,19,21). The Kier molecular flexibility index (Phi) is 6.31. The Morgan fingerprint density at radius 2 is 1.92 bits per heavy atom. The predicted molar refractivity (Wildman–Crippen MR) is 93.9 cm³/mol. The van der Waals surface area contributed by atoms with Crippen molar-refractivity contribution in [2.75, 3.05) is 17.1 Å². The Hall–Kier alpha value is -2.41. The predicted octanol–water partition coefficient (Wildman–Crippen LogP) is 1.94. The van der Waals surface area contributed by atoms with Crippen molar-refractivity contribution in [3.8, 4) is 0 Å². The van der Waals surface area contributed by atoms with E-state index in [0.29, 0.717) is 18.7 Å². The minimum atomic E-state index is -3.38. The molecule has 0 spiro atoms. The third-order valence-corrected chi connectivity index (χ3v) is 4.62. The quantitative estimate of drug-likeness (QED) is 0.791. The fraction of sp³-hybridized carbons (Fsp3) is 0.294. The average molecular weight is 347 g/mol. The molecule has 0 unspecified atom stereocenters. The number of nitrogens with zero attached hydrogens (tertiary/aromatic N) is 2. The van der Waals surface area contributed by atoms with Gasteiger partial charge in [0.2, 0.25) is 15.9 Å². The number of hydrogen-bond donors (Lipinski definition) is 1. The highest BCUT2D eigenvalue weighted by Gasteiger charge is 2.17. The maximum atomic E-state index is 11.9. The molecule has 0 aliphatic rings. The lowest BCUT2D eigenvalue weighted by Crippen LogP contribution is -2.32. The first-order valence-corrected chi connectivity index (χ1v) is 9.50. The zero-order chi connectivity index (χ0) is 17.4. The van der Waals surface area contributed by atoms with Gasteiger partial charge in [-0.1, -0.05) is 24.3 Å². The number of aromatic nitrogens is 1. The number of anilines is 1. The van der Waals surface area contributed by atoms with Crippen molar-refractivity contribution in [2.24, 2.45) is 0 Å². The summed E-state index contributed by atoms with van der Waals surface area (Å²) >= 11 is 0. The normalized spacial score (nSPS) is 11.0. The number of nitrogens with one attached hydrogen (secondary N) is 1. The van der Waals surface area contributed by atoms with Gasteiger partial charge in [-0.3, -0.25) is 14.1 Å². The number of sulfonamides is 1. The van der Waals surface area contributed by atoms with Gasteiger partial charge in [0, 0.05) is 31.9 Å². The summed E-state index contributed by atoms with van der Waals surface area (Å²) in [7, 11) is -3.38. The summed E-state index contributed by atoms with van der Waals surface area (Å²) < 4.78 is 25.2. The number of carbonyl (C=O) groups excluding carboxylic acids is 1. The number of amides is 1. The van der Waals surface area contributed by atoms with Crippen LogP contribution in [0.25, 0.3) is 0 Å². The second kappa shape index (κ2) is 8.44. The molecular weight excluding hydrogens is 326 g/mol. The Bertz CT molecular complexity index is 749. The van der Waals surface area contributed by atoms with E-state index in [0.717, 1.165) is 5.56 Å². The molecule has 0 atom stereocenters. The van der Waals surface area contributed by atoms with Crippen molar-refractivity contribution >= 4 is 21.6 Å². The van der Waals surface area contributed by atoms with Crippen LogP contribution in [0.4, 0.5) is 5.69 Å². The van der Waals surface area contributed by atoms with Crippen LogP contribution in [0.15, 0.2) is 54.9 Å². The van der Waals surface area contributed by atoms with Gasteiger partial charge < -0.3 is 5.32 Å². The van der Waals surface area contributed by atoms with Gasteiger partial charge in [-0.05, 0) is 30.2 Å². The van der Waals surface area contributed by atoms with Crippen molar-refractivity contribution in [2.45, 2.75) is 19.4 Å². The van der Waals surface area contributed by atoms with E-state index >= 15 is 0 Å². The summed E-state index contributed by atoms with van der Waals surface area (Å²) in [4.78, 5) is 15.9. The molecule has 7 heteroatoms. The Morgan fingerprint density at radius 3 is 2.54 bits per heavy atom. The van der Waals surface area contributed by atoms with Crippen LogP contribution in [0.1, 0.15) is 18.4 Å². The lowest BCUT2D eigenvalue weighted by atomic mass is 10.2. The molecule has 0 aliphatic carbocycles. The molecule has 0 aliphatic heterocycles. The highest BCUT2D eigenvalue weighted by molar-refractivity contribution is 7.92. The maximum absolute atomic E-state index is 11.9. The molecule has 24 heavy (non-hydrogen) atoms. The van der Waals surface area contributed by atoms with Crippen molar-refractivity contribution in [1.29, 1.82) is 0 Å². The zero-order valence-electron chi connectivity index (χ0n) is 13.6. The highest BCUT2D eigenvalue weighted by Crippen LogP contribution is 2.17. The summed E-state index contributed by atoms with van der Waals surface area (Å²) in [6, 6.07) is 12.6. The number of para-hydroxylation sites is 1. The summed E-state index contributed by atoms with van der Waals surface area (Å²) in [5, 5.41) is 2.80. The van der Waals surface area contributed by atoms with E-state index in [2.05, 4.69) is 10.3 Å². The first kappa shape index (κ1) is 17.9. The lowest BCUT2D eigenvalue weighted by molar-refractivity contribution is -0.121. The van der Waals surface area contributed by atoms with Gasteiger partial charge in [0.1, 0.15) is 0 Å². The van der Waals surface area contributed by atoms with Gasteiger partial charge in [0.05, 0.1) is 11.9 Å². The number of benzene rings is 1. The monoisotopic (exact) mass is 347 g/mol.